The van der Waals surface area contributed by atoms with E-state index in [4.69, 9.17) is 4.52 Å². The molecule has 1 atom stereocenters. The smallest absolute Gasteiger partial charge is 0.260 e. The van der Waals surface area contributed by atoms with Crippen molar-refractivity contribution in [3.05, 3.63) is 53.0 Å². The second kappa shape index (κ2) is 6.05. The lowest BCUT2D eigenvalue weighted by Crippen LogP contribution is -2.33. The van der Waals surface area contributed by atoms with E-state index in [2.05, 4.69) is 10.1 Å². The van der Waals surface area contributed by atoms with Crippen molar-refractivity contribution in [2.24, 2.45) is 0 Å². The highest BCUT2D eigenvalue weighted by atomic mass is 32.2. The van der Waals surface area contributed by atoms with Crippen LogP contribution in [0.2, 0.25) is 0 Å². The van der Waals surface area contributed by atoms with Crippen LogP contribution in [0.1, 0.15) is 42.5 Å². The summed E-state index contributed by atoms with van der Waals surface area (Å²) in [6.45, 7) is 0.125. The van der Waals surface area contributed by atoms with Gasteiger partial charge in [-0.3, -0.25) is 0 Å². The van der Waals surface area contributed by atoms with Crippen LogP contribution in [0.15, 0.2) is 40.3 Å². The number of aliphatic hydroxyl groups is 1. The Bertz CT molecular complexity index is 890. The van der Waals surface area contributed by atoms with E-state index < -0.39 is 15.6 Å². The number of nitrogens with zero attached hydrogens (tertiary/aromatic N) is 3. The van der Waals surface area contributed by atoms with Gasteiger partial charge >= 0.3 is 0 Å². The standard InChI is InChI=1S/C17H19N3O4S/c21-17(16-18-15(19-24-16)14-6-7-14)9-10-20(12-17)25(22,23)11-8-13-4-2-1-3-5-13/h1-5,8,11,14,21H,6-7,9-10,12H2/b11-8+. The number of hydrogen-bond acceptors (Lipinski definition) is 6. The summed E-state index contributed by atoms with van der Waals surface area (Å²) >= 11 is 0. The van der Waals surface area contributed by atoms with Crippen molar-refractivity contribution < 1.29 is 18.0 Å². The summed E-state index contributed by atoms with van der Waals surface area (Å²) in [5.74, 6) is 1.03. The summed E-state index contributed by atoms with van der Waals surface area (Å²) in [4.78, 5) is 4.27. The molecule has 2 fully saturated rings. The van der Waals surface area contributed by atoms with Crippen molar-refractivity contribution in [1.29, 1.82) is 0 Å². The molecular weight excluding hydrogens is 342 g/mol. The van der Waals surface area contributed by atoms with Gasteiger partial charge in [0.25, 0.3) is 5.89 Å². The number of benzene rings is 1. The maximum atomic E-state index is 12.5. The van der Waals surface area contributed by atoms with E-state index in [1.807, 2.05) is 30.3 Å². The van der Waals surface area contributed by atoms with Crippen molar-refractivity contribution in [3.8, 4) is 0 Å². The molecule has 1 aliphatic heterocycles. The lowest BCUT2D eigenvalue weighted by Gasteiger charge is -2.18. The molecule has 132 valence electrons. The second-order valence-electron chi connectivity index (χ2n) is 6.61. The van der Waals surface area contributed by atoms with Crippen LogP contribution in [0, 0.1) is 0 Å². The predicted octanol–water partition coefficient (Wildman–Crippen LogP) is 1.84. The predicted molar refractivity (Wildman–Crippen MR) is 90.8 cm³/mol. The van der Waals surface area contributed by atoms with Crippen LogP contribution >= 0.6 is 0 Å². The van der Waals surface area contributed by atoms with E-state index in [1.165, 1.54) is 4.31 Å². The highest BCUT2D eigenvalue weighted by molar-refractivity contribution is 7.92. The molecule has 1 aliphatic carbocycles. The van der Waals surface area contributed by atoms with Crippen LogP contribution in [-0.4, -0.2) is 41.1 Å². The molecule has 0 bridgehead atoms. The molecule has 25 heavy (non-hydrogen) atoms. The Morgan fingerprint density at radius 3 is 2.76 bits per heavy atom. The summed E-state index contributed by atoms with van der Waals surface area (Å²) < 4.78 is 31.5. The van der Waals surface area contributed by atoms with Gasteiger partial charge in [-0.2, -0.15) is 9.29 Å². The molecule has 0 radical (unpaired) electrons. The highest BCUT2D eigenvalue weighted by Gasteiger charge is 2.46. The summed E-state index contributed by atoms with van der Waals surface area (Å²) in [5, 5.41) is 15.8. The summed E-state index contributed by atoms with van der Waals surface area (Å²) in [5.41, 5.74) is -0.625. The third-order valence-electron chi connectivity index (χ3n) is 4.59. The largest absolute Gasteiger partial charge is 0.379 e. The quantitative estimate of drug-likeness (QED) is 0.873. The Balaban J connectivity index is 1.49. The Morgan fingerprint density at radius 2 is 2.04 bits per heavy atom. The normalized spacial score (nSPS) is 25.0. The maximum Gasteiger partial charge on any atom is 0.260 e. The first kappa shape index (κ1) is 16.4. The van der Waals surface area contributed by atoms with Gasteiger partial charge in [-0.15, -0.1) is 0 Å². The van der Waals surface area contributed by atoms with Crippen molar-refractivity contribution in [1.82, 2.24) is 14.4 Å². The molecule has 1 saturated carbocycles. The van der Waals surface area contributed by atoms with E-state index in [0.717, 1.165) is 23.8 Å². The van der Waals surface area contributed by atoms with Gasteiger partial charge in [-0.1, -0.05) is 35.5 Å². The fourth-order valence-corrected chi connectivity index (χ4v) is 4.14. The minimum atomic E-state index is -3.63. The molecule has 2 aliphatic rings. The summed E-state index contributed by atoms with van der Waals surface area (Å²) in [7, 11) is -3.63. The van der Waals surface area contributed by atoms with Gasteiger partial charge in [-0.25, -0.2) is 8.42 Å². The molecule has 0 spiro atoms. The fourth-order valence-electron chi connectivity index (χ4n) is 2.90. The summed E-state index contributed by atoms with van der Waals surface area (Å²) in [6.07, 6.45) is 3.84. The van der Waals surface area contributed by atoms with Crippen LogP contribution < -0.4 is 0 Å². The topological polar surface area (TPSA) is 96.5 Å². The SMILES string of the molecule is O=S(=O)(/C=C/c1ccccc1)N1CCC(O)(c2nc(C3CC3)no2)C1. The zero-order chi connectivity index (χ0) is 17.5. The van der Waals surface area contributed by atoms with E-state index in [-0.39, 0.29) is 25.4 Å². The lowest BCUT2D eigenvalue weighted by atomic mass is 10.0. The van der Waals surface area contributed by atoms with Crippen LogP contribution in [-0.2, 0) is 15.6 Å². The molecule has 1 unspecified atom stereocenters. The Morgan fingerprint density at radius 1 is 1.28 bits per heavy atom. The zero-order valence-corrected chi connectivity index (χ0v) is 14.4. The minimum Gasteiger partial charge on any atom is -0.379 e. The maximum absolute atomic E-state index is 12.5. The van der Waals surface area contributed by atoms with Gasteiger partial charge in [0.05, 0.1) is 6.54 Å². The Labute approximate surface area is 146 Å². The number of β-amino-alcohol motifs (C(OH)–C–C–N with tert-alkyl or cyclic N) is 1. The van der Waals surface area contributed by atoms with Crippen molar-refractivity contribution in [3.63, 3.8) is 0 Å². The molecule has 8 heteroatoms. The number of sulfonamides is 1. The number of aromatic nitrogens is 2. The lowest BCUT2D eigenvalue weighted by molar-refractivity contribution is 0.0195. The Kier molecular flexibility index (Phi) is 3.98. The summed E-state index contributed by atoms with van der Waals surface area (Å²) in [6, 6.07) is 9.20. The van der Waals surface area contributed by atoms with Crippen molar-refractivity contribution in [2.75, 3.05) is 13.1 Å². The minimum absolute atomic E-state index is 0.0826. The van der Waals surface area contributed by atoms with E-state index in [1.54, 1.807) is 6.08 Å². The molecule has 2 heterocycles. The number of rotatable bonds is 5. The molecule has 1 N–H and O–H groups in total. The van der Waals surface area contributed by atoms with Crippen LogP contribution in [0.4, 0.5) is 0 Å². The van der Waals surface area contributed by atoms with Crippen LogP contribution in [0.5, 0.6) is 0 Å². The van der Waals surface area contributed by atoms with Gasteiger partial charge < -0.3 is 9.63 Å². The van der Waals surface area contributed by atoms with E-state index in [0.29, 0.717) is 11.7 Å². The van der Waals surface area contributed by atoms with Crippen molar-refractivity contribution >= 4 is 16.1 Å². The first-order chi connectivity index (χ1) is 12.0. The fraction of sp³-hybridized carbons (Fsp3) is 0.412. The van der Waals surface area contributed by atoms with Gasteiger partial charge in [0.15, 0.2) is 11.4 Å². The van der Waals surface area contributed by atoms with Gasteiger partial charge in [-0.05, 0) is 24.5 Å². The van der Waals surface area contributed by atoms with Gasteiger partial charge in [0.1, 0.15) is 0 Å². The first-order valence-electron chi connectivity index (χ1n) is 8.26. The molecule has 1 aromatic carbocycles. The van der Waals surface area contributed by atoms with Gasteiger partial charge in [0.2, 0.25) is 10.0 Å². The second-order valence-corrected chi connectivity index (χ2v) is 8.42. The highest BCUT2D eigenvalue weighted by Crippen LogP contribution is 2.40. The molecule has 1 saturated heterocycles. The average Bonchev–Trinajstić information content (AvgIpc) is 3.17. The van der Waals surface area contributed by atoms with Crippen LogP contribution in [0.3, 0.4) is 0 Å². The molecule has 2 aromatic rings. The monoisotopic (exact) mass is 361 g/mol. The van der Waals surface area contributed by atoms with E-state index in [9.17, 15) is 13.5 Å². The first-order valence-corrected chi connectivity index (χ1v) is 9.76. The Hall–Kier alpha value is -2.03. The number of hydrogen-bond donors (Lipinski definition) is 1. The van der Waals surface area contributed by atoms with E-state index >= 15 is 0 Å². The molecular formula is C17H19N3O4S. The molecule has 4 rings (SSSR count). The zero-order valence-electron chi connectivity index (χ0n) is 13.6. The van der Waals surface area contributed by atoms with Crippen LogP contribution in [0.25, 0.3) is 6.08 Å². The third-order valence-corrected chi connectivity index (χ3v) is 6.10. The molecule has 1 aromatic heterocycles. The molecule has 0 amide bonds. The van der Waals surface area contributed by atoms with Crippen molar-refractivity contribution in [2.45, 2.75) is 30.8 Å². The third kappa shape index (κ3) is 3.37. The average molecular weight is 361 g/mol. The molecule has 7 nitrogen and oxygen atoms in total. The van der Waals surface area contributed by atoms with Gasteiger partial charge in [0, 0.05) is 24.3 Å².